The lowest BCUT2D eigenvalue weighted by Crippen LogP contribution is -2.38. The van der Waals surface area contributed by atoms with Crippen LogP contribution >= 0.6 is 0 Å². The highest BCUT2D eigenvalue weighted by Crippen LogP contribution is 2.28. The predicted molar refractivity (Wildman–Crippen MR) is 54.4 cm³/mol. The van der Waals surface area contributed by atoms with Crippen LogP contribution in [0, 0.1) is 0 Å². The van der Waals surface area contributed by atoms with Crippen molar-refractivity contribution in [3.05, 3.63) is 0 Å². The number of nitrogens with one attached hydrogen (secondary N) is 1. The van der Waals surface area contributed by atoms with Crippen molar-refractivity contribution in [2.45, 2.75) is 64.3 Å². The van der Waals surface area contributed by atoms with Gasteiger partial charge >= 0.3 is 0 Å². The molecule has 1 saturated heterocycles. The van der Waals surface area contributed by atoms with Gasteiger partial charge in [-0.25, -0.2) is 0 Å². The molecule has 1 heterocycles. The molecule has 1 fully saturated rings. The van der Waals surface area contributed by atoms with Crippen LogP contribution in [0.15, 0.2) is 0 Å². The number of unbranched alkanes of at least 4 members (excludes halogenated alkanes) is 2. The van der Waals surface area contributed by atoms with E-state index in [1.54, 1.807) is 0 Å². The Morgan fingerprint density at radius 2 is 2.08 bits per heavy atom. The van der Waals surface area contributed by atoms with Crippen molar-refractivity contribution in [2.75, 3.05) is 6.54 Å². The maximum Gasteiger partial charge on any atom is 0.0179 e. The summed E-state index contributed by atoms with van der Waals surface area (Å²) in [5.41, 5.74) is 0.537. The highest BCUT2D eigenvalue weighted by molar-refractivity contribution is 4.91. The summed E-state index contributed by atoms with van der Waals surface area (Å²) in [5, 5.41) is 3.68. The lowest BCUT2D eigenvalue weighted by molar-refractivity contribution is 0.323. The Balaban J connectivity index is 2.24. The van der Waals surface area contributed by atoms with Gasteiger partial charge in [0.25, 0.3) is 0 Å². The number of rotatable bonds is 5. The Labute approximate surface area is 76.9 Å². The molecule has 72 valence electrons. The zero-order valence-corrected chi connectivity index (χ0v) is 8.66. The van der Waals surface area contributed by atoms with Crippen molar-refractivity contribution >= 4 is 0 Å². The van der Waals surface area contributed by atoms with Crippen LogP contribution in [0.4, 0.5) is 0 Å². The predicted octanol–water partition coefficient (Wildman–Crippen LogP) is 3.10. The molecular formula is C11H23N. The molecule has 0 amide bonds. The van der Waals surface area contributed by atoms with Crippen LogP contribution in [0.2, 0.25) is 0 Å². The van der Waals surface area contributed by atoms with Crippen LogP contribution in [0.5, 0.6) is 0 Å². The van der Waals surface area contributed by atoms with Crippen LogP contribution in [0.1, 0.15) is 58.8 Å². The van der Waals surface area contributed by atoms with Crippen LogP contribution in [-0.4, -0.2) is 12.1 Å². The van der Waals surface area contributed by atoms with E-state index in [-0.39, 0.29) is 0 Å². The zero-order chi connectivity index (χ0) is 8.86. The normalized spacial score (nSPS) is 29.5. The van der Waals surface area contributed by atoms with Gasteiger partial charge in [0, 0.05) is 5.54 Å². The van der Waals surface area contributed by atoms with E-state index in [0.717, 1.165) is 0 Å². The standard InChI is InChI=1S/C11H23N/c1-3-5-6-8-11(4-2)9-7-10-12-11/h12H,3-10H2,1-2H3. The van der Waals surface area contributed by atoms with Crippen molar-refractivity contribution < 1.29 is 0 Å². The molecule has 1 nitrogen and oxygen atoms in total. The molecular weight excluding hydrogens is 146 g/mol. The molecule has 1 aliphatic rings. The Hall–Kier alpha value is -0.0400. The molecule has 1 N–H and O–H groups in total. The Morgan fingerprint density at radius 1 is 1.25 bits per heavy atom. The molecule has 1 atom stereocenters. The van der Waals surface area contributed by atoms with E-state index in [9.17, 15) is 0 Å². The number of hydrogen-bond acceptors (Lipinski definition) is 1. The topological polar surface area (TPSA) is 12.0 Å². The Bertz CT molecular complexity index is 114. The third kappa shape index (κ3) is 2.48. The van der Waals surface area contributed by atoms with E-state index < -0.39 is 0 Å². The molecule has 0 aromatic heterocycles. The first-order chi connectivity index (χ1) is 5.83. The molecule has 0 bridgehead atoms. The first-order valence-corrected chi connectivity index (χ1v) is 5.58. The fraction of sp³-hybridized carbons (Fsp3) is 1.00. The molecule has 0 spiro atoms. The van der Waals surface area contributed by atoms with E-state index >= 15 is 0 Å². The van der Waals surface area contributed by atoms with Gasteiger partial charge in [0.1, 0.15) is 0 Å². The van der Waals surface area contributed by atoms with Gasteiger partial charge in [-0.15, -0.1) is 0 Å². The summed E-state index contributed by atoms with van der Waals surface area (Å²) in [4.78, 5) is 0. The molecule has 1 heteroatoms. The van der Waals surface area contributed by atoms with Gasteiger partial charge in [-0.2, -0.15) is 0 Å². The fourth-order valence-corrected chi connectivity index (χ4v) is 2.27. The van der Waals surface area contributed by atoms with E-state index in [4.69, 9.17) is 0 Å². The minimum Gasteiger partial charge on any atom is -0.311 e. The average molecular weight is 169 g/mol. The lowest BCUT2D eigenvalue weighted by atomic mass is 9.88. The Kier molecular flexibility index (Phi) is 4.07. The fourth-order valence-electron chi connectivity index (χ4n) is 2.27. The molecule has 1 aliphatic heterocycles. The van der Waals surface area contributed by atoms with Gasteiger partial charge in [-0.05, 0) is 32.2 Å². The smallest absolute Gasteiger partial charge is 0.0179 e. The first kappa shape index (κ1) is 10.0. The van der Waals surface area contributed by atoms with Crippen molar-refractivity contribution in [3.8, 4) is 0 Å². The van der Waals surface area contributed by atoms with E-state index in [1.165, 1.54) is 51.5 Å². The average Bonchev–Trinajstić information content (AvgIpc) is 2.55. The molecule has 0 aliphatic carbocycles. The molecule has 1 rings (SSSR count). The van der Waals surface area contributed by atoms with E-state index in [0.29, 0.717) is 5.54 Å². The van der Waals surface area contributed by atoms with E-state index in [1.807, 2.05) is 0 Å². The summed E-state index contributed by atoms with van der Waals surface area (Å²) in [6, 6.07) is 0. The highest BCUT2D eigenvalue weighted by Gasteiger charge is 2.30. The quantitative estimate of drug-likeness (QED) is 0.624. The minimum absolute atomic E-state index is 0.537. The molecule has 0 saturated carbocycles. The molecule has 0 aromatic rings. The molecule has 1 unspecified atom stereocenters. The maximum absolute atomic E-state index is 3.68. The van der Waals surface area contributed by atoms with Gasteiger partial charge < -0.3 is 5.32 Å². The summed E-state index contributed by atoms with van der Waals surface area (Å²) in [6.07, 6.45) is 9.68. The SMILES string of the molecule is CCCCCC1(CC)CCCN1. The van der Waals surface area contributed by atoms with Gasteiger partial charge in [0.15, 0.2) is 0 Å². The molecule has 0 aromatic carbocycles. The minimum atomic E-state index is 0.537. The second-order valence-electron chi connectivity index (χ2n) is 4.12. The summed E-state index contributed by atoms with van der Waals surface area (Å²) >= 11 is 0. The van der Waals surface area contributed by atoms with E-state index in [2.05, 4.69) is 19.2 Å². The van der Waals surface area contributed by atoms with Crippen LogP contribution in [-0.2, 0) is 0 Å². The maximum atomic E-state index is 3.68. The number of hydrogen-bond donors (Lipinski definition) is 1. The van der Waals surface area contributed by atoms with Crippen molar-refractivity contribution in [3.63, 3.8) is 0 Å². The second kappa shape index (κ2) is 4.86. The highest BCUT2D eigenvalue weighted by atomic mass is 15.0. The summed E-state index contributed by atoms with van der Waals surface area (Å²) in [6.45, 7) is 5.85. The monoisotopic (exact) mass is 169 g/mol. The Morgan fingerprint density at radius 3 is 2.58 bits per heavy atom. The summed E-state index contributed by atoms with van der Waals surface area (Å²) in [7, 11) is 0. The summed E-state index contributed by atoms with van der Waals surface area (Å²) < 4.78 is 0. The van der Waals surface area contributed by atoms with Crippen LogP contribution in [0.25, 0.3) is 0 Å². The molecule has 0 radical (unpaired) electrons. The largest absolute Gasteiger partial charge is 0.311 e. The molecule has 12 heavy (non-hydrogen) atoms. The second-order valence-corrected chi connectivity index (χ2v) is 4.12. The third-order valence-corrected chi connectivity index (χ3v) is 3.27. The summed E-state index contributed by atoms with van der Waals surface area (Å²) in [5.74, 6) is 0. The van der Waals surface area contributed by atoms with Crippen molar-refractivity contribution in [1.29, 1.82) is 0 Å². The van der Waals surface area contributed by atoms with Crippen LogP contribution in [0.3, 0.4) is 0 Å². The van der Waals surface area contributed by atoms with Crippen LogP contribution < -0.4 is 5.32 Å². The lowest BCUT2D eigenvalue weighted by Gasteiger charge is -2.28. The first-order valence-electron chi connectivity index (χ1n) is 5.58. The van der Waals surface area contributed by atoms with Crippen molar-refractivity contribution in [2.24, 2.45) is 0 Å². The zero-order valence-electron chi connectivity index (χ0n) is 8.66. The van der Waals surface area contributed by atoms with Gasteiger partial charge in [-0.3, -0.25) is 0 Å². The van der Waals surface area contributed by atoms with Crippen molar-refractivity contribution in [1.82, 2.24) is 5.32 Å². The van der Waals surface area contributed by atoms with Gasteiger partial charge in [-0.1, -0.05) is 33.1 Å². The van der Waals surface area contributed by atoms with Gasteiger partial charge in [0.05, 0.1) is 0 Å². The van der Waals surface area contributed by atoms with Gasteiger partial charge in [0.2, 0.25) is 0 Å². The third-order valence-electron chi connectivity index (χ3n) is 3.27.